The molecule has 1 rings (SSSR count). The molecule has 5 N–H and O–H groups in total. The Kier molecular flexibility index (Phi) is 5.28. The van der Waals surface area contributed by atoms with Crippen LogP contribution < -0.4 is 21.5 Å². The van der Waals surface area contributed by atoms with E-state index < -0.39 is 0 Å². The van der Waals surface area contributed by atoms with Crippen LogP contribution in [0.25, 0.3) is 0 Å². The van der Waals surface area contributed by atoms with Crippen molar-refractivity contribution < 1.29 is 9.47 Å². The Bertz CT molecular complexity index is 359. The minimum Gasteiger partial charge on any atom is -0.476 e. The highest BCUT2D eigenvalue weighted by molar-refractivity contribution is 5.68. The fourth-order valence-electron chi connectivity index (χ4n) is 1.24. The highest BCUT2D eigenvalue weighted by atomic mass is 16.5. The number of nitrogens with one attached hydrogen (secondary N) is 1. The third-order valence-corrected chi connectivity index (χ3v) is 2.04. The Balaban J connectivity index is 2.55. The van der Waals surface area contributed by atoms with Crippen molar-refractivity contribution in [2.24, 2.45) is 0 Å². The predicted molar refractivity (Wildman–Crippen MR) is 67.0 cm³/mol. The van der Waals surface area contributed by atoms with E-state index >= 15 is 0 Å². The van der Waals surface area contributed by atoms with Gasteiger partial charge in [-0.25, -0.2) is 0 Å². The molecule has 7 nitrogen and oxygen atoms in total. The first-order chi connectivity index (χ1) is 8.19. The van der Waals surface area contributed by atoms with Crippen LogP contribution >= 0.6 is 0 Å². The van der Waals surface area contributed by atoms with Gasteiger partial charge >= 0.3 is 0 Å². The molecule has 7 heteroatoms. The molecule has 96 valence electrons. The van der Waals surface area contributed by atoms with Gasteiger partial charge in [0, 0.05) is 26.7 Å². The lowest BCUT2D eigenvalue weighted by molar-refractivity contribution is 0.130. The quantitative estimate of drug-likeness (QED) is 0.596. The van der Waals surface area contributed by atoms with Crippen LogP contribution in [0, 0.1) is 0 Å². The lowest BCUT2D eigenvalue weighted by Gasteiger charge is -2.11. The van der Waals surface area contributed by atoms with Crippen LogP contribution in [0.1, 0.15) is 13.3 Å². The smallest absolute Gasteiger partial charge is 0.244 e. The monoisotopic (exact) mass is 241 g/mol. The van der Waals surface area contributed by atoms with Crippen molar-refractivity contribution in [3.63, 3.8) is 0 Å². The number of hydrogen-bond donors (Lipinski definition) is 3. The van der Waals surface area contributed by atoms with E-state index in [4.69, 9.17) is 20.9 Å². The Hall–Kier alpha value is -1.76. The summed E-state index contributed by atoms with van der Waals surface area (Å²) in [4.78, 5) is 7.87. The summed E-state index contributed by atoms with van der Waals surface area (Å²) >= 11 is 0. The second-order valence-corrected chi connectivity index (χ2v) is 3.30. The van der Waals surface area contributed by atoms with Gasteiger partial charge in [0.15, 0.2) is 5.82 Å². The molecule has 0 saturated heterocycles. The van der Waals surface area contributed by atoms with Crippen LogP contribution in [0.15, 0.2) is 0 Å². The van der Waals surface area contributed by atoms with Crippen LogP contribution in [0.5, 0.6) is 5.88 Å². The van der Waals surface area contributed by atoms with Crippen LogP contribution in [0.2, 0.25) is 0 Å². The van der Waals surface area contributed by atoms with Gasteiger partial charge in [-0.2, -0.15) is 9.97 Å². The van der Waals surface area contributed by atoms with E-state index in [1.165, 1.54) is 0 Å². The Morgan fingerprint density at radius 1 is 1.24 bits per heavy atom. The fourth-order valence-corrected chi connectivity index (χ4v) is 1.24. The summed E-state index contributed by atoms with van der Waals surface area (Å²) < 4.78 is 10.6. The minimum atomic E-state index is 0.128. The molecule has 1 aromatic rings. The SMILES string of the molecule is CCOCCCOc1nc(N)nc(NC)c1N. The van der Waals surface area contributed by atoms with Gasteiger partial charge in [-0.05, 0) is 6.92 Å². The summed E-state index contributed by atoms with van der Waals surface area (Å²) in [6.45, 7) is 3.77. The van der Waals surface area contributed by atoms with Gasteiger partial charge in [-0.15, -0.1) is 0 Å². The lowest BCUT2D eigenvalue weighted by atomic mass is 10.4. The minimum absolute atomic E-state index is 0.128. The zero-order valence-corrected chi connectivity index (χ0v) is 10.2. The maximum absolute atomic E-state index is 5.80. The van der Waals surface area contributed by atoms with Crippen molar-refractivity contribution in [3.8, 4) is 5.88 Å². The van der Waals surface area contributed by atoms with Crippen LogP contribution in [0.3, 0.4) is 0 Å². The van der Waals surface area contributed by atoms with Gasteiger partial charge in [0.2, 0.25) is 11.8 Å². The van der Waals surface area contributed by atoms with E-state index in [9.17, 15) is 0 Å². The van der Waals surface area contributed by atoms with Gasteiger partial charge in [0.25, 0.3) is 0 Å². The Morgan fingerprint density at radius 3 is 2.65 bits per heavy atom. The number of anilines is 3. The largest absolute Gasteiger partial charge is 0.476 e. The Labute approximate surface area is 101 Å². The zero-order valence-electron chi connectivity index (χ0n) is 10.2. The summed E-state index contributed by atoms with van der Waals surface area (Å²) in [6.07, 6.45) is 0.770. The standard InChI is InChI=1S/C10H19N5O2/c1-3-16-5-4-6-17-9-7(11)8(13-2)14-10(12)15-9/h3-6,11H2,1-2H3,(H3,12,13,14,15). The van der Waals surface area contributed by atoms with Crippen molar-refractivity contribution >= 4 is 17.5 Å². The topological polar surface area (TPSA) is 108 Å². The molecule has 0 amide bonds. The second-order valence-electron chi connectivity index (χ2n) is 3.30. The number of ether oxygens (including phenoxy) is 2. The van der Waals surface area contributed by atoms with Crippen molar-refractivity contribution in [2.75, 3.05) is 43.7 Å². The van der Waals surface area contributed by atoms with E-state index in [1.54, 1.807) is 7.05 Å². The molecule has 17 heavy (non-hydrogen) atoms. The van der Waals surface area contributed by atoms with Crippen molar-refractivity contribution in [3.05, 3.63) is 0 Å². The molecule has 0 aliphatic rings. The summed E-state index contributed by atoms with van der Waals surface area (Å²) in [7, 11) is 1.71. The fraction of sp³-hybridized carbons (Fsp3) is 0.600. The zero-order chi connectivity index (χ0) is 12.7. The first-order valence-corrected chi connectivity index (χ1v) is 5.50. The third-order valence-electron chi connectivity index (χ3n) is 2.04. The van der Waals surface area contributed by atoms with Gasteiger partial charge in [0.05, 0.1) is 6.61 Å². The molecule has 0 radical (unpaired) electrons. The molecular formula is C10H19N5O2. The van der Waals surface area contributed by atoms with Gasteiger partial charge in [0.1, 0.15) is 5.69 Å². The molecule has 0 aliphatic carbocycles. The molecule has 0 unspecified atom stereocenters. The van der Waals surface area contributed by atoms with Crippen molar-refractivity contribution in [1.29, 1.82) is 0 Å². The molecule has 0 saturated carbocycles. The number of rotatable bonds is 7. The first-order valence-electron chi connectivity index (χ1n) is 5.50. The van der Waals surface area contributed by atoms with E-state index in [-0.39, 0.29) is 5.95 Å². The maximum Gasteiger partial charge on any atom is 0.244 e. The van der Waals surface area contributed by atoms with Crippen molar-refractivity contribution in [1.82, 2.24) is 9.97 Å². The highest BCUT2D eigenvalue weighted by Gasteiger charge is 2.10. The van der Waals surface area contributed by atoms with Crippen LogP contribution in [0.4, 0.5) is 17.5 Å². The summed E-state index contributed by atoms with van der Waals surface area (Å²) in [5, 5.41) is 2.83. The highest BCUT2D eigenvalue weighted by Crippen LogP contribution is 2.26. The molecular weight excluding hydrogens is 222 g/mol. The van der Waals surface area contributed by atoms with Gasteiger partial charge in [-0.3, -0.25) is 0 Å². The molecule has 1 heterocycles. The average molecular weight is 241 g/mol. The van der Waals surface area contributed by atoms with Gasteiger partial charge in [-0.1, -0.05) is 0 Å². The summed E-state index contributed by atoms with van der Waals surface area (Å²) in [6, 6.07) is 0. The molecule has 0 fully saturated rings. The van der Waals surface area contributed by atoms with E-state index in [0.717, 1.165) is 6.42 Å². The molecule has 0 aliphatic heterocycles. The predicted octanol–water partition coefficient (Wildman–Crippen LogP) is 0.488. The van der Waals surface area contributed by atoms with Crippen molar-refractivity contribution in [2.45, 2.75) is 13.3 Å². The number of hydrogen-bond acceptors (Lipinski definition) is 7. The number of nitrogens with zero attached hydrogens (tertiary/aromatic N) is 2. The summed E-state index contributed by atoms with van der Waals surface area (Å²) in [5.41, 5.74) is 11.7. The molecule has 0 aromatic carbocycles. The lowest BCUT2D eigenvalue weighted by Crippen LogP contribution is -2.10. The molecule has 0 atom stereocenters. The van der Waals surface area contributed by atoms with E-state index in [1.807, 2.05) is 6.92 Å². The second kappa shape index (κ2) is 6.74. The normalized spacial score (nSPS) is 10.2. The van der Waals surface area contributed by atoms with Gasteiger partial charge < -0.3 is 26.3 Å². The first kappa shape index (κ1) is 13.3. The number of aromatic nitrogens is 2. The van der Waals surface area contributed by atoms with E-state index in [2.05, 4.69) is 15.3 Å². The molecule has 0 spiro atoms. The average Bonchev–Trinajstić information content (AvgIpc) is 2.32. The Morgan fingerprint density at radius 2 is 2.00 bits per heavy atom. The maximum atomic E-state index is 5.80. The third kappa shape index (κ3) is 3.95. The molecule has 1 aromatic heterocycles. The van der Waals surface area contributed by atoms with Crippen LogP contribution in [-0.4, -0.2) is 36.8 Å². The number of nitrogen functional groups attached to an aromatic ring is 2. The van der Waals surface area contributed by atoms with Crippen LogP contribution in [-0.2, 0) is 4.74 Å². The number of nitrogens with two attached hydrogens (primary N) is 2. The summed E-state index contributed by atoms with van der Waals surface area (Å²) in [5.74, 6) is 0.902. The molecule has 0 bridgehead atoms. The van der Waals surface area contributed by atoms with E-state index in [0.29, 0.717) is 37.2 Å².